The minimum Gasteiger partial charge on any atom is -0.495 e. The van der Waals surface area contributed by atoms with E-state index in [1.54, 1.807) is 12.4 Å². The smallest absolute Gasteiger partial charge is 0.136 e. The molecular formula is C13H12N2O2. The van der Waals surface area contributed by atoms with E-state index in [1.165, 1.54) is 0 Å². The van der Waals surface area contributed by atoms with Crippen LogP contribution in [0.25, 0.3) is 11.0 Å². The summed E-state index contributed by atoms with van der Waals surface area (Å²) in [5.74, 6) is 0.633. The SMILES string of the molecule is OC(C1=CCCO1)c1ccc2nccnc2c1. The largest absolute Gasteiger partial charge is 0.495 e. The van der Waals surface area contributed by atoms with Crippen LogP contribution in [0.15, 0.2) is 42.4 Å². The molecule has 0 aliphatic carbocycles. The zero-order valence-corrected chi connectivity index (χ0v) is 9.21. The molecule has 4 heteroatoms. The molecule has 0 bridgehead atoms. The summed E-state index contributed by atoms with van der Waals surface area (Å²) in [6.07, 6.45) is 5.37. The average molecular weight is 228 g/mol. The minimum absolute atomic E-state index is 0.633. The maximum atomic E-state index is 10.1. The summed E-state index contributed by atoms with van der Waals surface area (Å²) in [5, 5.41) is 10.1. The van der Waals surface area contributed by atoms with Crippen molar-refractivity contribution in [1.82, 2.24) is 9.97 Å². The van der Waals surface area contributed by atoms with Crippen LogP contribution in [-0.2, 0) is 4.74 Å². The zero-order valence-electron chi connectivity index (χ0n) is 9.21. The van der Waals surface area contributed by atoms with Crippen LogP contribution in [0.3, 0.4) is 0 Å². The molecule has 17 heavy (non-hydrogen) atoms. The van der Waals surface area contributed by atoms with Gasteiger partial charge in [-0.15, -0.1) is 0 Å². The number of hydrogen-bond donors (Lipinski definition) is 1. The van der Waals surface area contributed by atoms with Crippen molar-refractivity contribution in [3.8, 4) is 0 Å². The number of nitrogens with zero attached hydrogens (tertiary/aromatic N) is 2. The van der Waals surface area contributed by atoms with Gasteiger partial charge in [-0.05, 0) is 23.8 Å². The van der Waals surface area contributed by atoms with Gasteiger partial charge in [-0.25, -0.2) is 0 Å². The van der Waals surface area contributed by atoms with Crippen LogP contribution in [-0.4, -0.2) is 21.7 Å². The fourth-order valence-electron chi connectivity index (χ4n) is 1.94. The molecule has 2 aromatic rings. The van der Waals surface area contributed by atoms with Crippen LogP contribution in [0, 0.1) is 0 Å². The average Bonchev–Trinajstić information content (AvgIpc) is 2.91. The zero-order chi connectivity index (χ0) is 11.7. The molecule has 86 valence electrons. The second-order valence-electron chi connectivity index (χ2n) is 3.95. The summed E-state index contributed by atoms with van der Waals surface area (Å²) in [5.41, 5.74) is 2.39. The van der Waals surface area contributed by atoms with E-state index in [0.717, 1.165) is 23.0 Å². The predicted molar refractivity (Wildman–Crippen MR) is 63.1 cm³/mol. The molecule has 0 saturated carbocycles. The maximum Gasteiger partial charge on any atom is 0.136 e. The number of fused-ring (bicyclic) bond motifs is 1. The normalized spacial score (nSPS) is 16.6. The van der Waals surface area contributed by atoms with Gasteiger partial charge in [-0.2, -0.15) is 0 Å². The van der Waals surface area contributed by atoms with Crippen molar-refractivity contribution in [3.63, 3.8) is 0 Å². The van der Waals surface area contributed by atoms with Gasteiger partial charge in [0.15, 0.2) is 0 Å². The van der Waals surface area contributed by atoms with Crippen molar-refractivity contribution in [3.05, 3.63) is 48.0 Å². The third-order valence-corrected chi connectivity index (χ3v) is 2.81. The van der Waals surface area contributed by atoms with E-state index in [2.05, 4.69) is 9.97 Å². The Morgan fingerprint density at radius 3 is 2.76 bits per heavy atom. The van der Waals surface area contributed by atoms with Gasteiger partial charge < -0.3 is 9.84 Å². The Hall–Kier alpha value is -1.94. The molecule has 1 aromatic heterocycles. The number of aromatic nitrogens is 2. The van der Waals surface area contributed by atoms with E-state index < -0.39 is 6.10 Å². The van der Waals surface area contributed by atoms with Crippen LogP contribution in [0.4, 0.5) is 0 Å². The highest BCUT2D eigenvalue weighted by Crippen LogP contribution is 2.27. The summed E-state index contributed by atoms with van der Waals surface area (Å²) < 4.78 is 5.36. The molecule has 0 saturated heterocycles. The first kappa shape index (κ1) is 10.2. The second kappa shape index (κ2) is 4.14. The number of hydrogen-bond acceptors (Lipinski definition) is 4. The van der Waals surface area contributed by atoms with E-state index in [1.807, 2.05) is 24.3 Å². The number of ether oxygens (including phenoxy) is 1. The molecule has 0 spiro atoms. The number of rotatable bonds is 2. The van der Waals surface area contributed by atoms with E-state index in [0.29, 0.717) is 12.4 Å². The second-order valence-corrected chi connectivity index (χ2v) is 3.95. The van der Waals surface area contributed by atoms with Crippen LogP contribution in [0.1, 0.15) is 18.1 Å². The van der Waals surface area contributed by atoms with Gasteiger partial charge in [-0.3, -0.25) is 9.97 Å². The molecule has 0 radical (unpaired) electrons. The fourth-order valence-corrected chi connectivity index (χ4v) is 1.94. The van der Waals surface area contributed by atoms with Gasteiger partial charge in [0.25, 0.3) is 0 Å². The molecule has 3 rings (SSSR count). The summed E-state index contributed by atoms with van der Waals surface area (Å²) >= 11 is 0. The first-order valence-corrected chi connectivity index (χ1v) is 5.56. The fraction of sp³-hybridized carbons (Fsp3) is 0.231. The number of benzene rings is 1. The van der Waals surface area contributed by atoms with Gasteiger partial charge in [-0.1, -0.05) is 6.07 Å². The molecule has 1 N–H and O–H groups in total. The summed E-state index contributed by atoms with van der Waals surface area (Å²) in [6, 6.07) is 5.55. The van der Waals surface area contributed by atoms with Gasteiger partial charge in [0.2, 0.25) is 0 Å². The Morgan fingerprint density at radius 1 is 1.18 bits per heavy atom. The van der Waals surface area contributed by atoms with E-state index in [9.17, 15) is 5.11 Å². The number of aliphatic hydroxyl groups excluding tert-OH is 1. The van der Waals surface area contributed by atoms with Gasteiger partial charge >= 0.3 is 0 Å². The minimum atomic E-state index is -0.705. The lowest BCUT2D eigenvalue weighted by atomic mass is 10.1. The van der Waals surface area contributed by atoms with Crippen molar-refractivity contribution in [2.24, 2.45) is 0 Å². The van der Waals surface area contributed by atoms with Gasteiger partial charge in [0.05, 0.1) is 17.6 Å². The van der Waals surface area contributed by atoms with Crippen molar-refractivity contribution < 1.29 is 9.84 Å². The van der Waals surface area contributed by atoms with Crippen LogP contribution in [0.2, 0.25) is 0 Å². The molecule has 1 aliphatic heterocycles. The number of aliphatic hydroxyl groups is 1. The van der Waals surface area contributed by atoms with Crippen LogP contribution in [0.5, 0.6) is 0 Å². The Kier molecular flexibility index (Phi) is 2.49. The monoisotopic (exact) mass is 228 g/mol. The van der Waals surface area contributed by atoms with Gasteiger partial charge in [0, 0.05) is 18.8 Å². The van der Waals surface area contributed by atoms with Crippen LogP contribution >= 0.6 is 0 Å². The highest BCUT2D eigenvalue weighted by atomic mass is 16.5. The predicted octanol–water partition coefficient (Wildman–Crippen LogP) is 1.97. The standard InChI is InChI=1S/C13H12N2O2/c16-13(12-2-1-7-17-12)9-3-4-10-11(8-9)15-6-5-14-10/h2-6,8,13,16H,1,7H2. The molecule has 1 unspecified atom stereocenters. The van der Waals surface area contributed by atoms with E-state index in [4.69, 9.17) is 4.74 Å². The molecule has 1 atom stereocenters. The molecule has 1 aromatic carbocycles. The molecule has 0 fully saturated rings. The summed E-state index contributed by atoms with van der Waals surface area (Å²) in [6.45, 7) is 0.653. The summed E-state index contributed by atoms with van der Waals surface area (Å²) in [4.78, 5) is 8.41. The van der Waals surface area contributed by atoms with Crippen molar-refractivity contribution in [2.45, 2.75) is 12.5 Å². The molecule has 1 aliphatic rings. The Labute approximate surface area is 98.6 Å². The van der Waals surface area contributed by atoms with Crippen LogP contribution < -0.4 is 0 Å². The molecule has 0 amide bonds. The third-order valence-electron chi connectivity index (χ3n) is 2.81. The lowest BCUT2D eigenvalue weighted by molar-refractivity contribution is 0.119. The topological polar surface area (TPSA) is 55.2 Å². The van der Waals surface area contributed by atoms with Crippen molar-refractivity contribution in [1.29, 1.82) is 0 Å². The Balaban J connectivity index is 2.00. The third kappa shape index (κ3) is 1.87. The molecule has 4 nitrogen and oxygen atoms in total. The van der Waals surface area contributed by atoms with Crippen molar-refractivity contribution in [2.75, 3.05) is 6.61 Å². The lowest BCUT2D eigenvalue weighted by Gasteiger charge is -2.12. The molecular weight excluding hydrogens is 216 g/mol. The van der Waals surface area contributed by atoms with E-state index >= 15 is 0 Å². The van der Waals surface area contributed by atoms with Gasteiger partial charge in [0.1, 0.15) is 11.9 Å². The Morgan fingerprint density at radius 2 is 2.00 bits per heavy atom. The van der Waals surface area contributed by atoms with E-state index in [-0.39, 0.29) is 0 Å². The maximum absolute atomic E-state index is 10.1. The Bertz CT molecular complexity index is 580. The first-order chi connectivity index (χ1) is 8.34. The first-order valence-electron chi connectivity index (χ1n) is 5.56. The lowest BCUT2D eigenvalue weighted by Crippen LogP contribution is -2.02. The summed E-state index contributed by atoms with van der Waals surface area (Å²) in [7, 11) is 0. The quantitative estimate of drug-likeness (QED) is 0.853. The highest BCUT2D eigenvalue weighted by molar-refractivity contribution is 5.74. The molecule has 2 heterocycles. The van der Waals surface area contributed by atoms with Crippen molar-refractivity contribution >= 4 is 11.0 Å². The highest BCUT2D eigenvalue weighted by Gasteiger charge is 2.18.